The molecule has 4 bridgehead atoms. The highest BCUT2D eigenvalue weighted by Crippen LogP contribution is 2.53. The number of benzene rings is 1. The topological polar surface area (TPSA) is 90.7 Å². The van der Waals surface area contributed by atoms with Gasteiger partial charge in [0, 0.05) is 10.9 Å². The minimum atomic E-state index is -0.370. The number of hydrogen-bond acceptors (Lipinski definition) is 7. The number of methoxy groups -OCH3 is 1. The van der Waals surface area contributed by atoms with Crippen molar-refractivity contribution in [1.29, 1.82) is 0 Å². The number of aromatic nitrogens is 1. The molecule has 170 valence electrons. The van der Waals surface area contributed by atoms with Crippen molar-refractivity contribution in [2.75, 3.05) is 13.7 Å². The second-order valence-electron chi connectivity index (χ2n) is 9.17. The van der Waals surface area contributed by atoms with Gasteiger partial charge in [-0.1, -0.05) is 30.0 Å². The monoisotopic (exact) mass is 456 g/mol. The van der Waals surface area contributed by atoms with Gasteiger partial charge >= 0.3 is 5.97 Å². The van der Waals surface area contributed by atoms with Crippen molar-refractivity contribution in [1.82, 2.24) is 10.5 Å². The standard InChI is InChI=1S/C24H28N2O5S/c1-29-19(27)7-8-30-24-22(32-18-5-3-2-4-6-18)21(31-26-24)23(28)25-20-16-10-14-9-15(12-16)13-17(20)11-14/h2-6,14-17,20H,7-13H2,1H3,(H,25,28). The van der Waals surface area contributed by atoms with E-state index in [4.69, 9.17) is 9.26 Å². The molecule has 32 heavy (non-hydrogen) atoms. The molecule has 4 fully saturated rings. The molecule has 0 saturated heterocycles. The van der Waals surface area contributed by atoms with Gasteiger partial charge in [0.1, 0.15) is 11.5 Å². The summed E-state index contributed by atoms with van der Waals surface area (Å²) in [5, 5.41) is 7.30. The summed E-state index contributed by atoms with van der Waals surface area (Å²) in [6.07, 6.45) is 6.36. The summed E-state index contributed by atoms with van der Waals surface area (Å²) in [4.78, 5) is 26.2. The van der Waals surface area contributed by atoms with Gasteiger partial charge in [-0.2, -0.15) is 0 Å². The highest BCUT2D eigenvalue weighted by molar-refractivity contribution is 7.99. The van der Waals surface area contributed by atoms with E-state index in [0.29, 0.717) is 16.7 Å². The Balaban J connectivity index is 1.33. The number of ether oxygens (including phenoxy) is 2. The first-order valence-electron chi connectivity index (χ1n) is 11.3. The molecule has 4 saturated carbocycles. The molecule has 4 aliphatic carbocycles. The number of nitrogens with zero attached hydrogens (tertiary/aromatic N) is 1. The van der Waals surface area contributed by atoms with E-state index in [2.05, 4.69) is 15.2 Å². The molecule has 1 aromatic carbocycles. The smallest absolute Gasteiger partial charge is 0.308 e. The fourth-order valence-electron chi connectivity index (χ4n) is 5.91. The van der Waals surface area contributed by atoms with E-state index in [1.165, 1.54) is 51.0 Å². The summed E-state index contributed by atoms with van der Waals surface area (Å²) >= 11 is 1.37. The van der Waals surface area contributed by atoms with E-state index in [-0.39, 0.29) is 42.6 Å². The van der Waals surface area contributed by atoms with Gasteiger partial charge in [0.2, 0.25) is 5.76 Å². The van der Waals surface area contributed by atoms with E-state index in [0.717, 1.165) is 16.7 Å². The van der Waals surface area contributed by atoms with E-state index in [9.17, 15) is 9.59 Å². The fourth-order valence-corrected chi connectivity index (χ4v) is 6.85. The molecule has 0 aliphatic heterocycles. The number of carbonyl (C=O) groups is 2. The molecule has 1 heterocycles. The number of nitrogens with one attached hydrogen (secondary N) is 1. The quantitative estimate of drug-likeness (QED) is 0.592. The van der Waals surface area contributed by atoms with Crippen LogP contribution in [0.25, 0.3) is 0 Å². The van der Waals surface area contributed by atoms with Crippen LogP contribution in [0.15, 0.2) is 44.6 Å². The fraction of sp³-hybridized carbons (Fsp3) is 0.542. The molecule has 4 aliphatic rings. The molecule has 0 unspecified atom stereocenters. The Morgan fingerprint density at radius 3 is 2.44 bits per heavy atom. The Hall–Kier alpha value is -2.48. The first kappa shape index (κ1) is 21.4. The molecular weight excluding hydrogens is 428 g/mol. The highest BCUT2D eigenvalue weighted by Gasteiger charge is 2.49. The summed E-state index contributed by atoms with van der Waals surface area (Å²) in [6, 6.07) is 9.92. The largest absolute Gasteiger partial charge is 0.474 e. The van der Waals surface area contributed by atoms with Crippen molar-refractivity contribution in [3.8, 4) is 5.88 Å². The lowest BCUT2D eigenvalue weighted by Gasteiger charge is -2.54. The first-order chi connectivity index (χ1) is 15.6. The summed E-state index contributed by atoms with van der Waals surface area (Å²) in [7, 11) is 1.33. The summed E-state index contributed by atoms with van der Waals surface area (Å²) in [6.45, 7) is 0.0954. The van der Waals surface area contributed by atoms with E-state index >= 15 is 0 Å². The van der Waals surface area contributed by atoms with Gasteiger partial charge in [0.15, 0.2) is 0 Å². The molecule has 0 spiro atoms. The third-order valence-electron chi connectivity index (χ3n) is 7.09. The number of hydrogen-bond donors (Lipinski definition) is 1. The highest BCUT2D eigenvalue weighted by atomic mass is 32.2. The van der Waals surface area contributed by atoms with Gasteiger partial charge < -0.3 is 19.3 Å². The normalized spacial score (nSPS) is 27.8. The molecule has 6 rings (SSSR count). The Labute approximate surface area is 191 Å². The maximum Gasteiger partial charge on any atom is 0.308 e. The third kappa shape index (κ3) is 4.37. The van der Waals surface area contributed by atoms with E-state index in [1.807, 2.05) is 30.3 Å². The molecule has 0 radical (unpaired) electrons. The van der Waals surface area contributed by atoms with Crippen LogP contribution in [-0.2, 0) is 9.53 Å². The van der Waals surface area contributed by atoms with Crippen LogP contribution >= 0.6 is 11.8 Å². The van der Waals surface area contributed by atoms with Crippen molar-refractivity contribution < 1.29 is 23.6 Å². The lowest BCUT2D eigenvalue weighted by Crippen LogP contribution is -2.55. The predicted molar refractivity (Wildman–Crippen MR) is 117 cm³/mol. The number of amides is 1. The molecule has 7 nitrogen and oxygen atoms in total. The lowest BCUT2D eigenvalue weighted by atomic mass is 9.54. The van der Waals surface area contributed by atoms with Crippen molar-refractivity contribution in [2.24, 2.45) is 23.7 Å². The lowest BCUT2D eigenvalue weighted by molar-refractivity contribution is -0.141. The van der Waals surface area contributed by atoms with Crippen LogP contribution in [0.2, 0.25) is 0 Å². The second kappa shape index (κ2) is 9.17. The van der Waals surface area contributed by atoms with Crippen LogP contribution in [0.1, 0.15) is 49.1 Å². The van der Waals surface area contributed by atoms with Crippen molar-refractivity contribution in [3.05, 3.63) is 36.1 Å². The van der Waals surface area contributed by atoms with Crippen LogP contribution in [0.5, 0.6) is 5.88 Å². The molecule has 1 N–H and O–H groups in total. The summed E-state index contributed by atoms with van der Waals surface area (Å²) in [5.74, 6) is 2.60. The van der Waals surface area contributed by atoms with Crippen molar-refractivity contribution in [3.63, 3.8) is 0 Å². The van der Waals surface area contributed by atoms with Crippen LogP contribution in [0.4, 0.5) is 0 Å². The minimum absolute atomic E-state index is 0.0914. The van der Waals surface area contributed by atoms with Gasteiger partial charge in [-0.3, -0.25) is 9.59 Å². The van der Waals surface area contributed by atoms with Crippen molar-refractivity contribution in [2.45, 2.75) is 54.4 Å². The Morgan fingerprint density at radius 2 is 1.78 bits per heavy atom. The zero-order valence-corrected chi connectivity index (χ0v) is 18.9. The van der Waals surface area contributed by atoms with Crippen LogP contribution < -0.4 is 10.1 Å². The number of esters is 1. The summed E-state index contributed by atoms with van der Waals surface area (Å²) in [5.41, 5.74) is 0. The second-order valence-corrected chi connectivity index (χ2v) is 10.2. The van der Waals surface area contributed by atoms with Crippen molar-refractivity contribution >= 4 is 23.6 Å². The average Bonchev–Trinajstić information content (AvgIpc) is 3.18. The Kier molecular flexibility index (Phi) is 6.13. The van der Waals surface area contributed by atoms with Crippen LogP contribution in [0, 0.1) is 23.7 Å². The Bertz CT molecular complexity index is 948. The van der Waals surface area contributed by atoms with Gasteiger partial charge in [0.25, 0.3) is 11.8 Å². The van der Waals surface area contributed by atoms with E-state index < -0.39 is 0 Å². The van der Waals surface area contributed by atoms with Gasteiger partial charge in [-0.25, -0.2) is 0 Å². The number of rotatable bonds is 8. The molecule has 0 atom stereocenters. The molecule has 2 aromatic rings. The van der Waals surface area contributed by atoms with Crippen LogP contribution in [-0.4, -0.2) is 36.8 Å². The zero-order valence-electron chi connectivity index (χ0n) is 18.1. The maximum atomic E-state index is 13.3. The average molecular weight is 457 g/mol. The third-order valence-corrected chi connectivity index (χ3v) is 8.16. The van der Waals surface area contributed by atoms with Gasteiger partial charge in [0.05, 0.1) is 13.5 Å². The van der Waals surface area contributed by atoms with E-state index in [1.54, 1.807) is 0 Å². The van der Waals surface area contributed by atoms with Crippen LogP contribution in [0.3, 0.4) is 0 Å². The maximum absolute atomic E-state index is 13.3. The van der Waals surface area contributed by atoms with Gasteiger partial charge in [-0.15, -0.1) is 0 Å². The minimum Gasteiger partial charge on any atom is -0.474 e. The molecule has 8 heteroatoms. The predicted octanol–water partition coefficient (Wildman–Crippen LogP) is 4.32. The first-order valence-corrected chi connectivity index (χ1v) is 12.2. The Morgan fingerprint density at radius 1 is 1.09 bits per heavy atom. The SMILES string of the molecule is COC(=O)CCOc1noc(C(=O)NC2C3CC4CC(C3)CC2C4)c1Sc1ccccc1. The van der Waals surface area contributed by atoms with Gasteiger partial charge in [-0.05, 0) is 73.1 Å². The summed E-state index contributed by atoms with van der Waals surface area (Å²) < 4.78 is 15.8. The molecule has 1 aromatic heterocycles. The molecule has 1 amide bonds. The zero-order chi connectivity index (χ0) is 22.1. The molecular formula is C24H28N2O5S. The number of carbonyl (C=O) groups excluding carboxylic acids is 2.